The van der Waals surface area contributed by atoms with Gasteiger partial charge in [0.15, 0.2) is 5.58 Å². The number of aromatic nitrogens is 1. The summed E-state index contributed by atoms with van der Waals surface area (Å²) in [5.74, 6) is -3.68. The molecule has 0 aliphatic rings. The van der Waals surface area contributed by atoms with Crippen LogP contribution in [-0.4, -0.2) is 27.1 Å². The molecule has 3 aromatic carbocycles. The molecule has 0 amide bonds. The molecule has 0 aliphatic heterocycles. The number of para-hydroxylation sites is 2. The summed E-state index contributed by atoms with van der Waals surface area (Å²) in [5.41, 5.74) is 2.53. The smallest absolute Gasteiger partial charge is 0.309 e. The van der Waals surface area contributed by atoms with Crippen LogP contribution < -0.4 is 0 Å². The zero-order valence-corrected chi connectivity index (χ0v) is 17.2. The first-order valence-electron chi connectivity index (χ1n) is 9.61. The van der Waals surface area contributed by atoms with Crippen LogP contribution in [0.5, 0.6) is 0 Å². The van der Waals surface area contributed by atoms with Crippen molar-refractivity contribution >= 4 is 34.8 Å². The van der Waals surface area contributed by atoms with Crippen LogP contribution >= 0.6 is 11.8 Å². The molecule has 4 aromatic rings. The monoisotopic (exact) mass is 433 g/mol. The average molecular weight is 433 g/mol. The van der Waals surface area contributed by atoms with Crippen LogP contribution in [0.4, 0.5) is 0 Å². The Morgan fingerprint density at radius 1 is 0.871 bits per heavy atom. The second kappa shape index (κ2) is 8.65. The van der Waals surface area contributed by atoms with Crippen molar-refractivity contribution in [2.75, 3.05) is 0 Å². The Hall–Kier alpha value is -3.58. The van der Waals surface area contributed by atoms with E-state index >= 15 is 0 Å². The molecule has 6 nitrogen and oxygen atoms in total. The van der Waals surface area contributed by atoms with Gasteiger partial charge in [-0.3, -0.25) is 9.59 Å². The van der Waals surface area contributed by atoms with Crippen LogP contribution in [0.2, 0.25) is 0 Å². The zero-order valence-electron chi connectivity index (χ0n) is 16.3. The van der Waals surface area contributed by atoms with Crippen molar-refractivity contribution in [2.24, 2.45) is 5.92 Å². The molecule has 7 heteroatoms. The van der Waals surface area contributed by atoms with Gasteiger partial charge in [-0.15, -0.1) is 0 Å². The van der Waals surface area contributed by atoms with Crippen molar-refractivity contribution in [3.8, 4) is 0 Å². The van der Waals surface area contributed by atoms with Gasteiger partial charge in [0.25, 0.3) is 5.22 Å². The van der Waals surface area contributed by atoms with Crippen LogP contribution in [0.3, 0.4) is 0 Å². The molecule has 31 heavy (non-hydrogen) atoms. The molecule has 1 atom stereocenters. The maximum absolute atomic E-state index is 12.5. The van der Waals surface area contributed by atoms with E-state index in [0.717, 1.165) is 11.8 Å². The molecule has 0 saturated heterocycles. The van der Waals surface area contributed by atoms with Gasteiger partial charge in [0.05, 0.1) is 17.1 Å². The molecule has 1 heterocycles. The van der Waals surface area contributed by atoms with Gasteiger partial charge in [0.1, 0.15) is 5.52 Å². The van der Waals surface area contributed by atoms with Crippen molar-refractivity contribution in [3.63, 3.8) is 0 Å². The first-order chi connectivity index (χ1) is 15.0. The lowest BCUT2D eigenvalue weighted by atomic mass is 9.78. The van der Waals surface area contributed by atoms with E-state index in [0.29, 0.717) is 22.2 Å². The number of hydrogen-bond donors (Lipinski definition) is 2. The molecule has 0 saturated carbocycles. The SMILES string of the molecule is O=C(O)CC(C(=O)O)C(Sc1nc2ccccc2o1)(c1ccccc1)c1ccccc1. The molecule has 0 aliphatic carbocycles. The maximum Gasteiger partial charge on any atom is 0.309 e. The van der Waals surface area contributed by atoms with Crippen molar-refractivity contribution in [3.05, 3.63) is 96.1 Å². The molecule has 1 unspecified atom stereocenters. The largest absolute Gasteiger partial charge is 0.481 e. The summed E-state index contributed by atoms with van der Waals surface area (Å²) in [6, 6.07) is 25.4. The van der Waals surface area contributed by atoms with Gasteiger partial charge in [-0.05, 0) is 35.0 Å². The number of hydrogen-bond acceptors (Lipinski definition) is 5. The summed E-state index contributed by atoms with van der Waals surface area (Å²) in [6.45, 7) is 0. The highest BCUT2D eigenvalue weighted by Gasteiger charge is 2.49. The number of oxazole rings is 1. The quantitative estimate of drug-likeness (QED) is 0.376. The van der Waals surface area contributed by atoms with Gasteiger partial charge in [0.2, 0.25) is 0 Å². The number of fused-ring (bicyclic) bond motifs is 1. The minimum atomic E-state index is -1.28. The van der Waals surface area contributed by atoms with E-state index in [4.69, 9.17) is 4.42 Å². The summed E-state index contributed by atoms with van der Waals surface area (Å²) in [4.78, 5) is 28.7. The van der Waals surface area contributed by atoms with Gasteiger partial charge < -0.3 is 14.6 Å². The van der Waals surface area contributed by atoms with Gasteiger partial charge >= 0.3 is 11.9 Å². The first-order valence-corrected chi connectivity index (χ1v) is 10.4. The number of benzene rings is 3. The standard InChI is InChI=1S/C24H19NO5S/c26-21(27)15-18(22(28)29)24(16-9-3-1-4-10-16,17-11-5-2-6-12-17)31-23-25-19-13-7-8-14-20(19)30-23/h1-14,18H,15H2,(H,26,27)(H,28,29). The van der Waals surface area contributed by atoms with Crippen LogP contribution in [0, 0.1) is 5.92 Å². The summed E-state index contributed by atoms with van der Waals surface area (Å²) >= 11 is 1.12. The first kappa shape index (κ1) is 20.7. The Bertz CT molecular complexity index is 1130. The minimum absolute atomic E-state index is 0.269. The van der Waals surface area contributed by atoms with E-state index in [9.17, 15) is 19.8 Å². The lowest BCUT2D eigenvalue weighted by Crippen LogP contribution is -2.40. The number of nitrogens with zero attached hydrogens (tertiary/aromatic N) is 1. The van der Waals surface area contributed by atoms with Crippen LogP contribution in [-0.2, 0) is 14.3 Å². The van der Waals surface area contributed by atoms with E-state index in [-0.39, 0.29) is 5.22 Å². The predicted molar refractivity (Wildman–Crippen MR) is 117 cm³/mol. The van der Waals surface area contributed by atoms with E-state index in [2.05, 4.69) is 4.98 Å². The number of carbonyl (C=O) groups is 2. The highest BCUT2D eigenvalue weighted by molar-refractivity contribution is 8.00. The predicted octanol–water partition coefficient (Wildman–Crippen LogP) is 5.04. The fraction of sp³-hybridized carbons (Fsp3) is 0.125. The molecule has 0 fully saturated rings. The number of carboxylic acid groups (broad SMARTS) is 2. The Kier molecular flexibility index (Phi) is 5.77. The molecule has 2 N–H and O–H groups in total. The van der Waals surface area contributed by atoms with E-state index in [1.54, 1.807) is 54.6 Å². The second-order valence-electron chi connectivity index (χ2n) is 7.01. The van der Waals surface area contributed by atoms with Gasteiger partial charge in [0, 0.05) is 0 Å². The number of rotatable bonds is 8. The molecular formula is C24H19NO5S. The molecule has 0 spiro atoms. The topological polar surface area (TPSA) is 101 Å². The van der Waals surface area contributed by atoms with Crippen LogP contribution in [0.1, 0.15) is 17.5 Å². The fourth-order valence-electron chi connectivity index (χ4n) is 3.74. The van der Waals surface area contributed by atoms with Gasteiger partial charge in [-0.1, -0.05) is 72.8 Å². The van der Waals surface area contributed by atoms with Crippen molar-refractivity contribution in [2.45, 2.75) is 16.4 Å². The van der Waals surface area contributed by atoms with Gasteiger partial charge in [-0.2, -0.15) is 0 Å². The third-order valence-corrected chi connectivity index (χ3v) is 6.52. The fourth-order valence-corrected chi connectivity index (χ4v) is 5.13. The third kappa shape index (κ3) is 4.04. The molecule has 4 rings (SSSR count). The molecule has 156 valence electrons. The maximum atomic E-state index is 12.5. The molecule has 0 bridgehead atoms. The Labute approximate surface area is 182 Å². The second-order valence-corrected chi connectivity index (χ2v) is 8.20. The van der Waals surface area contributed by atoms with E-state index < -0.39 is 29.0 Å². The summed E-state index contributed by atoms with van der Waals surface area (Å²) in [7, 11) is 0. The number of aliphatic carboxylic acids is 2. The lowest BCUT2D eigenvalue weighted by Gasteiger charge is -2.37. The summed E-state index contributed by atoms with van der Waals surface area (Å²) in [5, 5.41) is 20.0. The molecule has 0 radical (unpaired) electrons. The Morgan fingerprint density at radius 3 is 1.94 bits per heavy atom. The van der Waals surface area contributed by atoms with E-state index in [1.165, 1.54) is 0 Å². The molecular weight excluding hydrogens is 414 g/mol. The van der Waals surface area contributed by atoms with Crippen molar-refractivity contribution in [1.29, 1.82) is 0 Å². The normalized spacial score (nSPS) is 12.5. The average Bonchev–Trinajstić information content (AvgIpc) is 3.19. The number of carboxylic acids is 2. The van der Waals surface area contributed by atoms with Crippen LogP contribution in [0.15, 0.2) is 94.6 Å². The van der Waals surface area contributed by atoms with Gasteiger partial charge in [-0.25, -0.2) is 4.98 Å². The highest BCUT2D eigenvalue weighted by Crippen LogP contribution is 2.53. The Balaban J connectivity index is 1.98. The number of thioether (sulfide) groups is 1. The van der Waals surface area contributed by atoms with E-state index in [1.807, 2.05) is 30.3 Å². The summed E-state index contributed by atoms with van der Waals surface area (Å²) < 4.78 is 4.63. The zero-order chi connectivity index (χ0) is 21.8. The molecule has 1 aromatic heterocycles. The van der Waals surface area contributed by atoms with Crippen molar-refractivity contribution in [1.82, 2.24) is 4.98 Å². The highest BCUT2D eigenvalue weighted by atomic mass is 32.2. The third-order valence-electron chi connectivity index (χ3n) is 5.10. The summed E-state index contributed by atoms with van der Waals surface area (Å²) in [6.07, 6.45) is -0.563. The Morgan fingerprint density at radius 2 is 1.42 bits per heavy atom. The van der Waals surface area contributed by atoms with Crippen molar-refractivity contribution < 1.29 is 24.2 Å². The minimum Gasteiger partial charge on any atom is -0.481 e. The lowest BCUT2D eigenvalue weighted by molar-refractivity contribution is -0.149. The van der Waals surface area contributed by atoms with Crippen LogP contribution in [0.25, 0.3) is 11.1 Å².